The standard InChI is InChI=1S/C25H31N5/c1-3-26-25(30-15-14-22(19-30)23-16-28-29(2)18-23)27-17-24(20-10-6-4-7-11-20)21-12-8-5-9-13-21/h4-13,16,18,22,24H,3,14-15,17,19H2,1-2H3,(H,26,27). The van der Waals surface area contributed by atoms with E-state index in [1.54, 1.807) is 0 Å². The van der Waals surface area contributed by atoms with Gasteiger partial charge in [0.2, 0.25) is 0 Å². The fourth-order valence-corrected chi connectivity index (χ4v) is 4.25. The molecule has 1 aromatic heterocycles. The number of aromatic nitrogens is 2. The molecule has 1 atom stereocenters. The van der Waals surface area contributed by atoms with Crippen molar-refractivity contribution in [2.75, 3.05) is 26.2 Å². The summed E-state index contributed by atoms with van der Waals surface area (Å²) in [6.07, 6.45) is 5.27. The van der Waals surface area contributed by atoms with Gasteiger partial charge in [0.1, 0.15) is 0 Å². The van der Waals surface area contributed by atoms with Gasteiger partial charge >= 0.3 is 0 Å². The minimum atomic E-state index is 0.248. The number of hydrogen-bond acceptors (Lipinski definition) is 2. The number of aliphatic imine (C=N–C) groups is 1. The van der Waals surface area contributed by atoms with Crippen molar-refractivity contribution in [1.82, 2.24) is 20.0 Å². The molecule has 1 aliphatic heterocycles. The molecule has 1 unspecified atom stereocenters. The highest BCUT2D eigenvalue weighted by atomic mass is 15.3. The lowest BCUT2D eigenvalue weighted by atomic mass is 9.91. The molecule has 1 fully saturated rings. The van der Waals surface area contributed by atoms with Gasteiger partial charge in [0.15, 0.2) is 5.96 Å². The lowest BCUT2D eigenvalue weighted by Gasteiger charge is -2.23. The summed E-state index contributed by atoms with van der Waals surface area (Å²) < 4.78 is 1.89. The number of rotatable bonds is 6. The Kier molecular flexibility index (Phi) is 6.47. The highest BCUT2D eigenvalue weighted by molar-refractivity contribution is 5.80. The van der Waals surface area contributed by atoms with E-state index in [0.717, 1.165) is 38.6 Å². The molecule has 0 bridgehead atoms. The second kappa shape index (κ2) is 9.61. The Morgan fingerprint density at radius 2 is 1.77 bits per heavy atom. The Morgan fingerprint density at radius 1 is 1.10 bits per heavy atom. The summed E-state index contributed by atoms with van der Waals surface area (Å²) in [7, 11) is 1.98. The number of nitrogens with one attached hydrogen (secondary N) is 1. The second-order valence-electron chi connectivity index (χ2n) is 7.95. The smallest absolute Gasteiger partial charge is 0.193 e. The molecule has 0 spiro atoms. The maximum Gasteiger partial charge on any atom is 0.193 e. The molecule has 2 aromatic carbocycles. The first-order chi connectivity index (χ1) is 14.7. The quantitative estimate of drug-likeness (QED) is 0.501. The zero-order valence-electron chi connectivity index (χ0n) is 17.9. The van der Waals surface area contributed by atoms with E-state index in [1.807, 2.05) is 17.9 Å². The largest absolute Gasteiger partial charge is 0.357 e. The van der Waals surface area contributed by atoms with Crippen LogP contribution in [0.15, 0.2) is 78.0 Å². The van der Waals surface area contributed by atoms with E-state index in [-0.39, 0.29) is 5.92 Å². The predicted molar refractivity (Wildman–Crippen MR) is 123 cm³/mol. The molecular weight excluding hydrogens is 370 g/mol. The summed E-state index contributed by atoms with van der Waals surface area (Å²) in [5.74, 6) is 1.78. The number of guanidine groups is 1. The topological polar surface area (TPSA) is 45.5 Å². The Bertz CT molecular complexity index is 908. The van der Waals surface area contributed by atoms with Crippen LogP contribution in [0.1, 0.15) is 41.9 Å². The molecule has 1 N–H and O–H groups in total. The monoisotopic (exact) mass is 401 g/mol. The van der Waals surface area contributed by atoms with Gasteiger partial charge in [-0.3, -0.25) is 9.67 Å². The van der Waals surface area contributed by atoms with Crippen molar-refractivity contribution < 1.29 is 0 Å². The summed E-state index contributed by atoms with van der Waals surface area (Å²) >= 11 is 0. The number of hydrogen-bond donors (Lipinski definition) is 1. The van der Waals surface area contributed by atoms with Crippen molar-refractivity contribution in [2.45, 2.75) is 25.2 Å². The van der Waals surface area contributed by atoms with Crippen LogP contribution in [0, 0.1) is 0 Å². The molecule has 1 aliphatic rings. The molecule has 5 nitrogen and oxygen atoms in total. The maximum atomic E-state index is 5.09. The van der Waals surface area contributed by atoms with Crippen molar-refractivity contribution in [3.63, 3.8) is 0 Å². The first-order valence-electron chi connectivity index (χ1n) is 10.9. The fourth-order valence-electron chi connectivity index (χ4n) is 4.25. The number of likely N-dealkylation sites (tertiary alicyclic amines) is 1. The molecule has 4 rings (SSSR count). The van der Waals surface area contributed by atoms with Gasteiger partial charge in [-0.2, -0.15) is 5.10 Å². The highest BCUT2D eigenvalue weighted by Gasteiger charge is 2.27. The molecule has 0 saturated carbocycles. The lowest BCUT2D eigenvalue weighted by molar-refractivity contribution is 0.485. The summed E-state index contributed by atoms with van der Waals surface area (Å²) in [6, 6.07) is 21.4. The van der Waals surface area contributed by atoms with Crippen molar-refractivity contribution >= 4 is 5.96 Å². The molecular formula is C25H31N5. The van der Waals surface area contributed by atoms with E-state index in [1.165, 1.54) is 16.7 Å². The Labute approximate surface area is 179 Å². The number of aryl methyl sites for hydroxylation is 1. The average molecular weight is 402 g/mol. The number of nitrogens with zero attached hydrogens (tertiary/aromatic N) is 4. The van der Waals surface area contributed by atoms with Crippen LogP contribution >= 0.6 is 0 Å². The fraction of sp³-hybridized carbons (Fsp3) is 0.360. The van der Waals surface area contributed by atoms with Crippen molar-refractivity contribution in [1.29, 1.82) is 0 Å². The summed E-state index contributed by atoms with van der Waals surface area (Å²) in [4.78, 5) is 7.49. The van der Waals surface area contributed by atoms with Crippen LogP contribution in [-0.4, -0.2) is 46.8 Å². The summed E-state index contributed by atoms with van der Waals surface area (Å²) in [5.41, 5.74) is 3.93. The zero-order valence-corrected chi connectivity index (χ0v) is 17.9. The first kappa shape index (κ1) is 20.2. The third-order valence-electron chi connectivity index (χ3n) is 5.85. The first-order valence-corrected chi connectivity index (χ1v) is 10.9. The molecule has 3 aromatic rings. The Balaban J connectivity index is 1.53. The van der Waals surface area contributed by atoms with Crippen LogP contribution in [0.2, 0.25) is 0 Å². The highest BCUT2D eigenvalue weighted by Crippen LogP contribution is 2.28. The SMILES string of the molecule is CCNC(=NCC(c1ccccc1)c1ccccc1)N1CCC(c2cnn(C)c2)C1. The number of benzene rings is 2. The molecule has 2 heterocycles. The van der Waals surface area contributed by atoms with Gasteiger partial charge < -0.3 is 10.2 Å². The third-order valence-corrected chi connectivity index (χ3v) is 5.85. The van der Waals surface area contributed by atoms with Crippen LogP contribution in [0.25, 0.3) is 0 Å². The van der Waals surface area contributed by atoms with Gasteiger partial charge in [-0.05, 0) is 30.0 Å². The normalized spacial score (nSPS) is 17.0. The molecule has 5 heteroatoms. The summed E-state index contributed by atoms with van der Waals surface area (Å²) in [5, 5.41) is 7.86. The van der Waals surface area contributed by atoms with Gasteiger partial charge in [0.05, 0.1) is 12.7 Å². The van der Waals surface area contributed by atoms with Gasteiger partial charge in [-0.25, -0.2) is 0 Å². The van der Waals surface area contributed by atoms with E-state index in [0.29, 0.717) is 5.92 Å². The van der Waals surface area contributed by atoms with Gasteiger partial charge in [0.25, 0.3) is 0 Å². The Morgan fingerprint density at radius 3 is 2.33 bits per heavy atom. The van der Waals surface area contributed by atoms with Crippen molar-refractivity contribution in [3.8, 4) is 0 Å². The van der Waals surface area contributed by atoms with Crippen molar-refractivity contribution in [3.05, 3.63) is 89.7 Å². The second-order valence-corrected chi connectivity index (χ2v) is 7.95. The van der Waals surface area contributed by atoms with E-state index in [4.69, 9.17) is 4.99 Å². The van der Waals surface area contributed by atoms with E-state index < -0.39 is 0 Å². The lowest BCUT2D eigenvalue weighted by Crippen LogP contribution is -2.40. The third kappa shape index (κ3) is 4.73. The maximum absolute atomic E-state index is 5.09. The van der Waals surface area contributed by atoms with Gasteiger partial charge in [0, 0.05) is 44.7 Å². The zero-order chi connectivity index (χ0) is 20.8. The van der Waals surface area contributed by atoms with Crippen LogP contribution in [-0.2, 0) is 7.05 Å². The van der Waals surface area contributed by atoms with Crippen LogP contribution < -0.4 is 5.32 Å². The average Bonchev–Trinajstić information content (AvgIpc) is 3.44. The van der Waals surface area contributed by atoms with Crippen LogP contribution in [0.5, 0.6) is 0 Å². The molecule has 0 aliphatic carbocycles. The molecule has 30 heavy (non-hydrogen) atoms. The predicted octanol–water partition coefficient (Wildman–Crippen LogP) is 4.01. The Hall–Kier alpha value is -3.08. The molecule has 0 amide bonds. The van der Waals surface area contributed by atoms with E-state index >= 15 is 0 Å². The minimum absolute atomic E-state index is 0.248. The van der Waals surface area contributed by atoms with Gasteiger partial charge in [-0.15, -0.1) is 0 Å². The van der Waals surface area contributed by atoms with Gasteiger partial charge in [-0.1, -0.05) is 60.7 Å². The van der Waals surface area contributed by atoms with Crippen LogP contribution in [0.4, 0.5) is 0 Å². The minimum Gasteiger partial charge on any atom is -0.357 e. The summed E-state index contributed by atoms with van der Waals surface area (Å²) in [6.45, 7) is 5.74. The molecule has 156 valence electrons. The molecule has 1 saturated heterocycles. The van der Waals surface area contributed by atoms with E-state index in [2.05, 4.69) is 89.1 Å². The van der Waals surface area contributed by atoms with Crippen LogP contribution in [0.3, 0.4) is 0 Å². The van der Waals surface area contributed by atoms with E-state index in [9.17, 15) is 0 Å². The molecule has 0 radical (unpaired) electrons. The van der Waals surface area contributed by atoms with Crippen molar-refractivity contribution in [2.24, 2.45) is 12.0 Å².